The van der Waals surface area contributed by atoms with Gasteiger partial charge in [-0.25, -0.2) is 4.39 Å². The van der Waals surface area contributed by atoms with Gasteiger partial charge in [0.15, 0.2) is 0 Å². The Hall–Kier alpha value is -0.930. The van der Waals surface area contributed by atoms with Crippen molar-refractivity contribution in [3.8, 4) is 0 Å². The molecule has 2 rings (SSSR count). The van der Waals surface area contributed by atoms with Crippen LogP contribution in [-0.4, -0.2) is 17.3 Å². The van der Waals surface area contributed by atoms with Gasteiger partial charge in [0.1, 0.15) is 5.82 Å². The Kier molecular flexibility index (Phi) is 4.36. The van der Waals surface area contributed by atoms with Crippen LogP contribution >= 0.6 is 0 Å². The SMILES string of the molecule is Cc1ccc(F)c(CNCC2(O)CCCCC2)c1. The molecule has 0 aliphatic heterocycles. The zero-order chi connectivity index (χ0) is 13.0. The van der Waals surface area contributed by atoms with Gasteiger partial charge in [-0.1, -0.05) is 37.0 Å². The van der Waals surface area contributed by atoms with E-state index in [1.54, 1.807) is 6.07 Å². The first-order valence-electron chi connectivity index (χ1n) is 6.77. The second-order valence-corrected chi connectivity index (χ2v) is 5.48. The van der Waals surface area contributed by atoms with Crippen molar-refractivity contribution >= 4 is 0 Å². The third-order valence-corrected chi connectivity index (χ3v) is 3.75. The van der Waals surface area contributed by atoms with Crippen LogP contribution in [0, 0.1) is 12.7 Å². The van der Waals surface area contributed by atoms with Crippen molar-refractivity contribution in [3.05, 3.63) is 35.1 Å². The van der Waals surface area contributed by atoms with E-state index in [1.807, 2.05) is 13.0 Å². The molecule has 0 radical (unpaired) electrons. The minimum Gasteiger partial charge on any atom is -0.389 e. The summed E-state index contributed by atoms with van der Waals surface area (Å²) in [6.07, 6.45) is 5.12. The van der Waals surface area contributed by atoms with Gasteiger partial charge >= 0.3 is 0 Å². The van der Waals surface area contributed by atoms with Gasteiger partial charge in [-0.05, 0) is 25.8 Å². The van der Waals surface area contributed by atoms with E-state index in [9.17, 15) is 9.50 Å². The fourth-order valence-corrected chi connectivity index (χ4v) is 2.66. The fourth-order valence-electron chi connectivity index (χ4n) is 2.66. The maximum atomic E-state index is 13.5. The maximum absolute atomic E-state index is 13.5. The van der Waals surface area contributed by atoms with Crippen LogP contribution in [0.4, 0.5) is 4.39 Å². The smallest absolute Gasteiger partial charge is 0.127 e. The van der Waals surface area contributed by atoms with E-state index < -0.39 is 5.60 Å². The molecule has 0 spiro atoms. The third kappa shape index (κ3) is 3.53. The monoisotopic (exact) mass is 251 g/mol. The molecule has 1 aliphatic carbocycles. The van der Waals surface area contributed by atoms with E-state index in [0.29, 0.717) is 18.7 Å². The topological polar surface area (TPSA) is 32.3 Å². The van der Waals surface area contributed by atoms with Gasteiger partial charge in [0.25, 0.3) is 0 Å². The highest BCUT2D eigenvalue weighted by Gasteiger charge is 2.28. The number of halogens is 1. The van der Waals surface area contributed by atoms with Gasteiger partial charge in [-0.15, -0.1) is 0 Å². The maximum Gasteiger partial charge on any atom is 0.127 e. The van der Waals surface area contributed by atoms with Crippen LogP contribution in [0.2, 0.25) is 0 Å². The molecular formula is C15H22FNO. The first-order valence-corrected chi connectivity index (χ1v) is 6.77. The van der Waals surface area contributed by atoms with Crippen molar-refractivity contribution in [2.75, 3.05) is 6.54 Å². The standard InChI is InChI=1S/C15H22FNO/c1-12-5-6-14(16)13(9-12)10-17-11-15(18)7-3-2-4-8-15/h5-6,9,17-18H,2-4,7-8,10-11H2,1H3. The van der Waals surface area contributed by atoms with E-state index in [2.05, 4.69) is 5.32 Å². The lowest BCUT2D eigenvalue weighted by Gasteiger charge is -2.32. The summed E-state index contributed by atoms with van der Waals surface area (Å²) in [7, 11) is 0. The van der Waals surface area contributed by atoms with Gasteiger partial charge in [-0.2, -0.15) is 0 Å². The molecule has 0 unspecified atom stereocenters. The van der Waals surface area contributed by atoms with Gasteiger partial charge in [0.05, 0.1) is 5.60 Å². The molecule has 0 saturated heterocycles. The lowest BCUT2D eigenvalue weighted by Crippen LogP contribution is -2.42. The summed E-state index contributed by atoms with van der Waals surface area (Å²) in [6, 6.07) is 5.13. The molecule has 0 amide bonds. The summed E-state index contributed by atoms with van der Waals surface area (Å²) >= 11 is 0. The number of benzene rings is 1. The summed E-state index contributed by atoms with van der Waals surface area (Å²) in [4.78, 5) is 0. The van der Waals surface area contributed by atoms with E-state index in [-0.39, 0.29) is 5.82 Å². The number of aliphatic hydroxyl groups is 1. The van der Waals surface area contributed by atoms with E-state index in [4.69, 9.17) is 0 Å². The van der Waals surface area contributed by atoms with Crippen molar-refractivity contribution in [1.29, 1.82) is 0 Å². The second-order valence-electron chi connectivity index (χ2n) is 5.48. The summed E-state index contributed by atoms with van der Waals surface area (Å²) in [5, 5.41) is 13.5. The van der Waals surface area contributed by atoms with Crippen molar-refractivity contribution in [1.82, 2.24) is 5.32 Å². The van der Waals surface area contributed by atoms with Gasteiger partial charge in [0, 0.05) is 18.7 Å². The minimum atomic E-state index is -0.585. The zero-order valence-electron chi connectivity index (χ0n) is 11.0. The Labute approximate surface area is 108 Å². The van der Waals surface area contributed by atoms with Crippen molar-refractivity contribution in [2.24, 2.45) is 0 Å². The largest absolute Gasteiger partial charge is 0.389 e. The van der Waals surface area contributed by atoms with E-state index >= 15 is 0 Å². The number of aryl methyl sites for hydroxylation is 1. The molecule has 2 nitrogen and oxygen atoms in total. The summed E-state index contributed by atoms with van der Waals surface area (Å²) in [5.41, 5.74) is 1.15. The quantitative estimate of drug-likeness (QED) is 0.862. The van der Waals surface area contributed by atoms with Crippen LogP contribution in [-0.2, 0) is 6.54 Å². The van der Waals surface area contributed by atoms with Crippen LogP contribution in [0.25, 0.3) is 0 Å². The van der Waals surface area contributed by atoms with E-state index in [0.717, 1.165) is 31.2 Å². The van der Waals surface area contributed by atoms with Gasteiger partial charge < -0.3 is 10.4 Å². The predicted molar refractivity (Wildman–Crippen MR) is 70.9 cm³/mol. The molecule has 100 valence electrons. The number of nitrogens with one attached hydrogen (secondary N) is 1. The highest BCUT2D eigenvalue weighted by Crippen LogP contribution is 2.27. The summed E-state index contributed by atoms with van der Waals surface area (Å²) < 4.78 is 13.5. The Balaban J connectivity index is 1.86. The molecule has 1 fully saturated rings. The first kappa shape index (κ1) is 13.5. The molecule has 2 N–H and O–H groups in total. The van der Waals surface area contributed by atoms with Crippen molar-refractivity contribution in [2.45, 2.75) is 51.2 Å². The van der Waals surface area contributed by atoms with Gasteiger partial charge in [0.2, 0.25) is 0 Å². The van der Waals surface area contributed by atoms with Crippen LogP contribution in [0.15, 0.2) is 18.2 Å². The molecule has 0 heterocycles. The van der Waals surface area contributed by atoms with Crippen LogP contribution in [0.3, 0.4) is 0 Å². The summed E-state index contributed by atoms with van der Waals surface area (Å²) in [5.74, 6) is -0.177. The highest BCUT2D eigenvalue weighted by molar-refractivity contribution is 5.23. The first-order chi connectivity index (χ1) is 8.59. The zero-order valence-corrected chi connectivity index (χ0v) is 11.0. The summed E-state index contributed by atoms with van der Waals surface area (Å²) in [6.45, 7) is 2.99. The molecule has 0 bridgehead atoms. The number of hydrogen-bond donors (Lipinski definition) is 2. The lowest BCUT2D eigenvalue weighted by atomic mass is 9.85. The van der Waals surface area contributed by atoms with Crippen molar-refractivity contribution < 1.29 is 9.50 Å². The van der Waals surface area contributed by atoms with Crippen LogP contribution in [0.5, 0.6) is 0 Å². The second kappa shape index (κ2) is 5.81. The molecular weight excluding hydrogens is 229 g/mol. The molecule has 1 aliphatic rings. The Bertz CT molecular complexity index is 399. The van der Waals surface area contributed by atoms with Crippen LogP contribution < -0.4 is 5.32 Å². The van der Waals surface area contributed by atoms with Gasteiger partial charge in [-0.3, -0.25) is 0 Å². The van der Waals surface area contributed by atoms with Crippen LogP contribution in [0.1, 0.15) is 43.2 Å². The minimum absolute atomic E-state index is 0.177. The molecule has 1 aromatic carbocycles. The number of rotatable bonds is 4. The average Bonchev–Trinajstić information content (AvgIpc) is 2.34. The lowest BCUT2D eigenvalue weighted by molar-refractivity contribution is 0.00462. The Morgan fingerprint density at radius 1 is 1.28 bits per heavy atom. The molecule has 3 heteroatoms. The third-order valence-electron chi connectivity index (χ3n) is 3.75. The molecule has 18 heavy (non-hydrogen) atoms. The highest BCUT2D eigenvalue weighted by atomic mass is 19.1. The molecule has 1 saturated carbocycles. The normalized spacial score (nSPS) is 18.8. The van der Waals surface area contributed by atoms with Crippen molar-refractivity contribution in [3.63, 3.8) is 0 Å². The number of hydrogen-bond acceptors (Lipinski definition) is 2. The van der Waals surface area contributed by atoms with E-state index in [1.165, 1.54) is 12.5 Å². The Morgan fingerprint density at radius 3 is 2.72 bits per heavy atom. The average molecular weight is 251 g/mol. The Morgan fingerprint density at radius 2 is 2.00 bits per heavy atom. The molecule has 0 atom stereocenters. The fraction of sp³-hybridized carbons (Fsp3) is 0.600. The molecule has 1 aromatic rings. The predicted octanol–water partition coefficient (Wildman–Crippen LogP) is 2.92. The molecule has 0 aromatic heterocycles.